The standard InChI is InChI=1S/C11H13N7O2S/c1-11(2)7(8-14-16-17-15-8)18-9(20)6(10(18)21-11)13-5(19)3-4-12/h6-7,10H,3H2,1-2H3,(H,13,19)(H,14,15,16,17)/t6?,7?,10-/m0/s1. The van der Waals surface area contributed by atoms with Crippen molar-refractivity contribution in [2.75, 3.05) is 0 Å². The predicted octanol–water partition coefficient (Wildman–Crippen LogP) is -0.667. The molecule has 1 aromatic heterocycles. The molecule has 9 nitrogen and oxygen atoms in total. The fraction of sp³-hybridized carbons (Fsp3) is 0.636. The van der Waals surface area contributed by atoms with E-state index >= 15 is 0 Å². The first-order valence-corrected chi connectivity index (χ1v) is 7.23. The van der Waals surface area contributed by atoms with Crippen LogP contribution in [0.1, 0.15) is 32.1 Å². The van der Waals surface area contributed by atoms with Gasteiger partial charge in [0.25, 0.3) is 0 Å². The Morgan fingerprint density at radius 1 is 1.62 bits per heavy atom. The number of nitriles is 1. The number of thioether (sulfide) groups is 1. The second-order valence-electron chi connectivity index (χ2n) is 5.43. The van der Waals surface area contributed by atoms with Crippen LogP contribution in [0, 0.1) is 11.3 Å². The summed E-state index contributed by atoms with van der Waals surface area (Å²) in [4.78, 5) is 25.5. The predicted molar refractivity (Wildman–Crippen MR) is 71.4 cm³/mol. The maximum atomic E-state index is 12.3. The molecule has 2 aliphatic rings. The Morgan fingerprint density at radius 3 is 3.00 bits per heavy atom. The van der Waals surface area contributed by atoms with E-state index in [-0.39, 0.29) is 28.5 Å². The smallest absolute Gasteiger partial charge is 0.249 e. The van der Waals surface area contributed by atoms with Gasteiger partial charge in [-0.3, -0.25) is 9.59 Å². The van der Waals surface area contributed by atoms with E-state index in [4.69, 9.17) is 5.26 Å². The first-order chi connectivity index (χ1) is 9.95. The molecule has 110 valence electrons. The molecule has 0 aliphatic carbocycles. The Kier molecular flexibility index (Phi) is 3.09. The third-order valence-corrected chi connectivity index (χ3v) is 5.19. The third kappa shape index (κ3) is 2.04. The molecular weight excluding hydrogens is 294 g/mol. The molecule has 3 atom stereocenters. The van der Waals surface area contributed by atoms with Crippen LogP contribution in [0.25, 0.3) is 0 Å². The minimum absolute atomic E-state index is 0.162. The van der Waals surface area contributed by atoms with Crippen LogP contribution >= 0.6 is 11.8 Å². The molecule has 0 bridgehead atoms. The molecule has 1 aromatic rings. The van der Waals surface area contributed by atoms with Gasteiger partial charge >= 0.3 is 0 Å². The molecule has 21 heavy (non-hydrogen) atoms. The highest BCUT2D eigenvalue weighted by Crippen LogP contribution is 2.56. The molecule has 0 spiro atoms. The fourth-order valence-corrected chi connectivity index (χ4v) is 4.40. The number of tetrazole rings is 1. The summed E-state index contributed by atoms with van der Waals surface area (Å²) in [6.45, 7) is 4.01. The number of amides is 2. The van der Waals surface area contributed by atoms with E-state index in [1.165, 1.54) is 0 Å². The number of hydrogen-bond acceptors (Lipinski definition) is 7. The van der Waals surface area contributed by atoms with Gasteiger partial charge in [-0.1, -0.05) is 0 Å². The molecule has 3 rings (SSSR count). The van der Waals surface area contributed by atoms with Gasteiger partial charge in [-0.15, -0.1) is 16.9 Å². The van der Waals surface area contributed by atoms with E-state index in [0.717, 1.165) is 0 Å². The quantitative estimate of drug-likeness (QED) is 0.709. The van der Waals surface area contributed by atoms with E-state index in [2.05, 4.69) is 25.9 Å². The highest BCUT2D eigenvalue weighted by atomic mass is 32.2. The van der Waals surface area contributed by atoms with Crippen molar-refractivity contribution in [3.8, 4) is 6.07 Å². The second kappa shape index (κ2) is 4.70. The topological polar surface area (TPSA) is 128 Å². The number of rotatable bonds is 3. The summed E-state index contributed by atoms with van der Waals surface area (Å²) in [5.41, 5.74) is 0. The van der Waals surface area contributed by atoms with Gasteiger partial charge in [0.1, 0.15) is 23.9 Å². The number of nitrogens with one attached hydrogen (secondary N) is 2. The fourth-order valence-electron chi connectivity index (χ4n) is 2.77. The molecule has 0 aromatic carbocycles. The maximum absolute atomic E-state index is 12.3. The van der Waals surface area contributed by atoms with Crippen molar-refractivity contribution < 1.29 is 9.59 Å². The first-order valence-electron chi connectivity index (χ1n) is 6.35. The Hall–Kier alpha value is -2.15. The van der Waals surface area contributed by atoms with Crippen molar-refractivity contribution in [1.29, 1.82) is 5.26 Å². The van der Waals surface area contributed by atoms with Crippen LogP contribution in [0.15, 0.2) is 0 Å². The molecule has 10 heteroatoms. The zero-order valence-electron chi connectivity index (χ0n) is 11.4. The Bertz CT molecular complexity index is 623. The van der Waals surface area contributed by atoms with E-state index in [0.29, 0.717) is 5.82 Å². The van der Waals surface area contributed by atoms with Crippen molar-refractivity contribution in [3.05, 3.63) is 5.82 Å². The molecule has 2 amide bonds. The van der Waals surface area contributed by atoms with Gasteiger partial charge in [-0.25, -0.2) is 5.10 Å². The second-order valence-corrected chi connectivity index (χ2v) is 7.20. The van der Waals surface area contributed by atoms with Crippen molar-refractivity contribution in [2.24, 2.45) is 0 Å². The summed E-state index contributed by atoms with van der Waals surface area (Å²) >= 11 is 1.59. The molecule has 0 saturated carbocycles. The number of nitrogens with zero attached hydrogens (tertiary/aromatic N) is 5. The van der Waals surface area contributed by atoms with Crippen LogP contribution in [-0.2, 0) is 9.59 Å². The van der Waals surface area contributed by atoms with Gasteiger partial charge in [0.2, 0.25) is 11.8 Å². The number of β-lactam (4-membered cyclic amide) rings is 1. The molecule has 2 aliphatic heterocycles. The van der Waals surface area contributed by atoms with Crippen LogP contribution in [0.5, 0.6) is 0 Å². The molecule has 0 radical (unpaired) electrons. The summed E-state index contributed by atoms with van der Waals surface area (Å²) in [5, 5.41) is 24.7. The summed E-state index contributed by atoms with van der Waals surface area (Å²) in [7, 11) is 0. The van der Waals surface area contributed by atoms with Crippen molar-refractivity contribution >= 4 is 23.6 Å². The molecular formula is C11H13N7O2S. The molecule has 2 saturated heterocycles. The van der Waals surface area contributed by atoms with Crippen LogP contribution in [0.2, 0.25) is 0 Å². The molecule has 2 fully saturated rings. The van der Waals surface area contributed by atoms with Crippen LogP contribution < -0.4 is 5.32 Å². The van der Waals surface area contributed by atoms with E-state index in [1.807, 2.05) is 13.8 Å². The lowest BCUT2D eigenvalue weighted by atomic mass is 9.95. The number of carbonyl (C=O) groups excluding carboxylic acids is 2. The lowest BCUT2D eigenvalue weighted by Gasteiger charge is -2.44. The third-order valence-electron chi connectivity index (χ3n) is 3.62. The van der Waals surface area contributed by atoms with Gasteiger partial charge in [0, 0.05) is 4.75 Å². The van der Waals surface area contributed by atoms with Gasteiger partial charge in [0.05, 0.1) is 6.07 Å². The SMILES string of the molecule is CC1(C)S[C@H]2C(NC(=O)CC#N)C(=O)N2C1c1nnn[nH]1. The van der Waals surface area contributed by atoms with Crippen LogP contribution in [-0.4, -0.2) is 53.5 Å². The number of aromatic nitrogens is 4. The van der Waals surface area contributed by atoms with Gasteiger partial charge in [-0.2, -0.15) is 5.26 Å². The number of fused-ring (bicyclic) bond motifs is 1. The average molecular weight is 307 g/mol. The number of hydrogen-bond donors (Lipinski definition) is 2. The highest BCUT2D eigenvalue weighted by Gasteiger charge is 2.63. The van der Waals surface area contributed by atoms with Crippen molar-refractivity contribution in [1.82, 2.24) is 30.8 Å². The van der Waals surface area contributed by atoms with E-state index in [9.17, 15) is 9.59 Å². The van der Waals surface area contributed by atoms with Crippen molar-refractivity contribution in [2.45, 2.75) is 42.5 Å². The summed E-state index contributed by atoms with van der Waals surface area (Å²) in [6, 6.07) is 0.916. The average Bonchev–Trinajstić information content (AvgIpc) is 3.00. The Balaban J connectivity index is 1.80. The van der Waals surface area contributed by atoms with Crippen LogP contribution in [0.3, 0.4) is 0 Å². The largest absolute Gasteiger partial charge is 0.341 e. The highest BCUT2D eigenvalue weighted by molar-refractivity contribution is 8.01. The van der Waals surface area contributed by atoms with Gasteiger partial charge in [0.15, 0.2) is 5.82 Å². The summed E-state index contributed by atoms with van der Waals surface area (Å²) < 4.78 is -0.282. The molecule has 2 unspecified atom stereocenters. The maximum Gasteiger partial charge on any atom is 0.249 e. The monoisotopic (exact) mass is 307 g/mol. The molecule has 2 N–H and O–H groups in total. The Labute approximate surface area is 124 Å². The van der Waals surface area contributed by atoms with Gasteiger partial charge < -0.3 is 10.2 Å². The van der Waals surface area contributed by atoms with Crippen molar-refractivity contribution in [3.63, 3.8) is 0 Å². The number of carbonyl (C=O) groups is 2. The zero-order valence-corrected chi connectivity index (χ0v) is 12.2. The zero-order chi connectivity index (χ0) is 15.2. The van der Waals surface area contributed by atoms with Crippen LogP contribution in [0.4, 0.5) is 0 Å². The van der Waals surface area contributed by atoms with E-state index in [1.54, 1.807) is 22.7 Å². The Morgan fingerprint density at radius 2 is 2.38 bits per heavy atom. The summed E-state index contributed by atoms with van der Waals surface area (Å²) in [6.07, 6.45) is -0.250. The molecule has 3 heterocycles. The lowest BCUT2D eigenvalue weighted by molar-refractivity contribution is -0.151. The minimum atomic E-state index is -0.587. The van der Waals surface area contributed by atoms with E-state index < -0.39 is 11.9 Å². The number of aromatic amines is 1. The lowest BCUT2D eigenvalue weighted by Crippen LogP contribution is -2.67. The first kappa shape index (κ1) is 13.8. The number of H-pyrrole nitrogens is 1. The normalized spacial score (nSPS) is 29.5. The van der Waals surface area contributed by atoms with Gasteiger partial charge in [-0.05, 0) is 24.3 Å². The minimum Gasteiger partial charge on any atom is -0.341 e. The summed E-state index contributed by atoms with van der Waals surface area (Å²) in [5.74, 6) is -0.0744.